The Labute approximate surface area is 142 Å². The van der Waals surface area contributed by atoms with Gasteiger partial charge in [0.25, 0.3) is 0 Å². The molecule has 118 valence electrons. The van der Waals surface area contributed by atoms with Gasteiger partial charge in [0.15, 0.2) is 0 Å². The molecule has 0 fully saturated rings. The molecule has 0 bridgehead atoms. The van der Waals surface area contributed by atoms with Crippen molar-refractivity contribution in [1.29, 1.82) is 0 Å². The van der Waals surface area contributed by atoms with Gasteiger partial charge in [-0.05, 0) is 64.5 Å². The predicted octanol–water partition coefficient (Wildman–Crippen LogP) is 3.83. The van der Waals surface area contributed by atoms with Crippen molar-refractivity contribution in [3.05, 3.63) is 44.6 Å². The number of methoxy groups -OCH3 is 1. The van der Waals surface area contributed by atoms with Crippen LogP contribution in [-0.2, 0) is 16.4 Å². The van der Waals surface area contributed by atoms with Crippen molar-refractivity contribution in [3.8, 4) is 5.75 Å². The van der Waals surface area contributed by atoms with Crippen LogP contribution in [0.25, 0.3) is 0 Å². The van der Waals surface area contributed by atoms with Gasteiger partial charge < -0.3 is 4.74 Å². The van der Waals surface area contributed by atoms with E-state index < -0.39 is 10.0 Å². The highest BCUT2D eigenvalue weighted by Gasteiger charge is 2.34. The zero-order valence-electron chi connectivity index (χ0n) is 12.2. The van der Waals surface area contributed by atoms with Gasteiger partial charge in [0.1, 0.15) is 5.75 Å². The number of nitrogens with zero attached hydrogens (tertiary/aromatic N) is 1. The van der Waals surface area contributed by atoms with E-state index in [-0.39, 0.29) is 10.9 Å². The van der Waals surface area contributed by atoms with Crippen LogP contribution in [0.1, 0.15) is 23.4 Å². The third-order valence-corrected chi connectivity index (χ3v) is 7.53. The van der Waals surface area contributed by atoms with Crippen molar-refractivity contribution in [2.45, 2.75) is 24.3 Å². The monoisotopic (exact) mass is 401 g/mol. The minimum absolute atomic E-state index is 0.138. The minimum Gasteiger partial charge on any atom is -0.496 e. The van der Waals surface area contributed by atoms with Crippen LogP contribution < -0.4 is 4.74 Å². The first-order valence-electron chi connectivity index (χ1n) is 6.87. The number of thiophene rings is 1. The van der Waals surface area contributed by atoms with Crippen molar-refractivity contribution in [2.75, 3.05) is 13.7 Å². The van der Waals surface area contributed by atoms with E-state index in [0.29, 0.717) is 16.8 Å². The summed E-state index contributed by atoms with van der Waals surface area (Å²) in [5.41, 5.74) is 1.12. The Bertz CT molecular complexity index is 801. The number of hydrogen-bond donors (Lipinski definition) is 0. The summed E-state index contributed by atoms with van der Waals surface area (Å²) in [5, 5.41) is 2.03. The third kappa shape index (κ3) is 2.60. The Morgan fingerprint density at radius 1 is 1.36 bits per heavy atom. The molecule has 1 aliphatic heterocycles. The fourth-order valence-electron chi connectivity index (χ4n) is 2.76. The van der Waals surface area contributed by atoms with Crippen LogP contribution in [0.2, 0.25) is 0 Å². The Morgan fingerprint density at radius 3 is 2.82 bits per heavy atom. The van der Waals surface area contributed by atoms with Crippen LogP contribution in [0.5, 0.6) is 5.75 Å². The molecule has 0 aliphatic carbocycles. The number of ether oxygens (including phenoxy) is 1. The summed E-state index contributed by atoms with van der Waals surface area (Å²) in [4.78, 5) is 1.57. The highest BCUT2D eigenvalue weighted by molar-refractivity contribution is 9.10. The summed E-state index contributed by atoms with van der Waals surface area (Å²) in [6.45, 7) is 2.46. The summed E-state index contributed by atoms with van der Waals surface area (Å²) in [5.74, 6) is 0.616. The van der Waals surface area contributed by atoms with Crippen LogP contribution in [0.15, 0.2) is 39.0 Å². The Kier molecular flexibility index (Phi) is 4.33. The zero-order valence-corrected chi connectivity index (χ0v) is 15.5. The van der Waals surface area contributed by atoms with Crippen molar-refractivity contribution in [3.63, 3.8) is 0 Å². The SMILES string of the molecule is COc1ccc(S(=O)(=O)N2CCc3sccc3C2C)cc1Br. The lowest BCUT2D eigenvalue weighted by atomic mass is 10.0. The summed E-state index contributed by atoms with van der Waals surface area (Å²) in [7, 11) is -1.97. The van der Waals surface area contributed by atoms with E-state index in [4.69, 9.17) is 4.74 Å². The highest BCUT2D eigenvalue weighted by Crippen LogP contribution is 2.37. The Hall–Kier alpha value is -0.890. The van der Waals surface area contributed by atoms with Crippen LogP contribution in [-0.4, -0.2) is 26.4 Å². The first-order chi connectivity index (χ1) is 10.4. The zero-order chi connectivity index (χ0) is 15.9. The van der Waals surface area contributed by atoms with Gasteiger partial charge in [-0.2, -0.15) is 4.31 Å². The highest BCUT2D eigenvalue weighted by atomic mass is 79.9. The predicted molar refractivity (Wildman–Crippen MR) is 91.0 cm³/mol. The molecule has 22 heavy (non-hydrogen) atoms. The molecule has 0 amide bonds. The topological polar surface area (TPSA) is 46.6 Å². The fourth-order valence-corrected chi connectivity index (χ4v) is 6.05. The molecule has 1 atom stereocenters. The summed E-state index contributed by atoms with van der Waals surface area (Å²) in [6, 6.07) is 6.75. The Morgan fingerprint density at radius 2 is 2.14 bits per heavy atom. The molecule has 0 saturated carbocycles. The normalized spacial score (nSPS) is 19.0. The molecule has 0 radical (unpaired) electrons. The minimum atomic E-state index is -3.53. The number of halogens is 1. The van der Waals surface area contributed by atoms with E-state index in [1.807, 2.05) is 18.4 Å². The molecule has 1 aromatic carbocycles. The molecule has 1 aromatic heterocycles. The molecule has 0 N–H and O–H groups in total. The second-order valence-corrected chi connectivity index (χ2v) is 8.88. The molecule has 0 saturated heterocycles. The van der Waals surface area contributed by atoms with Gasteiger partial charge in [0.2, 0.25) is 10.0 Å². The largest absolute Gasteiger partial charge is 0.496 e. The van der Waals surface area contributed by atoms with Gasteiger partial charge >= 0.3 is 0 Å². The van der Waals surface area contributed by atoms with Crippen LogP contribution in [0.3, 0.4) is 0 Å². The average molecular weight is 402 g/mol. The van der Waals surface area contributed by atoms with Crippen molar-refractivity contribution in [2.24, 2.45) is 0 Å². The number of fused-ring (bicyclic) bond motifs is 1. The maximum absolute atomic E-state index is 12.9. The lowest BCUT2D eigenvalue weighted by Gasteiger charge is -2.32. The van der Waals surface area contributed by atoms with E-state index in [2.05, 4.69) is 15.9 Å². The molecular formula is C15H16BrNO3S2. The van der Waals surface area contributed by atoms with E-state index in [9.17, 15) is 8.42 Å². The maximum Gasteiger partial charge on any atom is 0.243 e. The molecule has 0 spiro atoms. The van der Waals surface area contributed by atoms with Crippen LogP contribution >= 0.6 is 27.3 Å². The smallest absolute Gasteiger partial charge is 0.243 e. The molecular weight excluding hydrogens is 386 g/mol. The quantitative estimate of drug-likeness (QED) is 0.784. The lowest BCUT2D eigenvalue weighted by molar-refractivity contribution is 0.329. The molecule has 2 aromatic rings. The number of sulfonamides is 1. The second kappa shape index (κ2) is 5.96. The van der Waals surface area contributed by atoms with E-state index >= 15 is 0 Å². The van der Waals surface area contributed by atoms with Crippen LogP contribution in [0.4, 0.5) is 0 Å². The first-order valence-corrected chi connectivity index (χ1v) is 9.98. The molecule has 7 heteroatoms. The van der Waals surface area contributed by atoms with Gasteiger partial charge in [-0.3, -0.25) is 0 Å². The molecule has 1 unspecified atom stereocenters. The molecule has 3 rings (SSSR count). The van der Waals surface area contributed by atoms with E-state index in [0.717, 1.165) is 12.0 Å². The van der Waals surface area contributed by atoms with Crippen molar-refractivity contribution in [1.82, 2.24) is 4.31 Å². The first kappa shape index (κ1) is 16.0. The number of benzene rings is 1. The molecule has 4 nitrogen and oxygen atoms in total. The fraction of sp³-hybridized carbons (Fsp3) is 0.333. The standard InChI is InChI=1S/C15H16BrNO3S2/c1-10-12-6-8-21-15(12)5-7-17(10)22(18,19)11-3-4-14(20-2)13(16)9-11/h3-4,6,8-10H,5,7H2,1-2H3. The van der Waals surface area contributed by atoms with Gasteiger partial charge in [0, 0.05) is 17.5 Å². The third-order valence-electron chi connectivity index (χ3n) is 3.95. The summed E-state index contributed by atoms with van der Waals surface area (Å²) in [6.07, 6.45) is 0.772. The van der Waals surface area contributed by atoms with E-state index in [1.54, 1.807) is 41.0 Å². The van der Waals surface area contributed by atoms with Gasteiger partial charge in [-0.1, -0.05) is 0 Å². The number of rotatable bonds is 3. The Balaban J connectivity index is 1.99. The van der Waals surface area contributed by atoms with Crippen LogP contribution in [0, 0.1) is 0 Å². The van der Waals surface area contributed by atoms with Gasteiger partial charge in [-0.25, -0.2) is 8.42 Å². The maximum atomic E-state index is 12.9. The van der Waals surface area contributed by atoms with Crippen molar-refractivity contribution >= 4 is 37.3 Å². The second-order valence-electron chi connectivity index (χ2n) is 5.14. The van der Waals surface area contributed by atoms with E-state index in [1.165, 1.54) is 4.88 Å². The average Bonchev–Trinajstić information content (AvgIpc) is 2.96. The van der Waals surface area contributed by atoms with Crippen molar-refractivity contribution < 1.29 is 13.2 Å². The van der Waals surface area contributed by atoms with Gasteiger partial charge in [-0.15, -0.1) is 11.3 Å². The summed E-state index contributed by atoms with van der Waals surface area (Å²) < 4.78 is 33.3. The lowest BCUT2D eigenvalue weighted by Crippen LogP contribution is -2.38. The molecule has 1 aliphatic rings. The number of hydrogen-bond acceptors (Lipinski definition) is 4. The molecule has 2 heterocycles. The van der Waals surface area contributed by atoms with Gasteiger partial charge in [0.05, 0.1) is 16.5 Å². The summed E-state index contributed by atoms with van der Waals surface area (Å²) >= 11 is 5.05.